The highest BCUT2D eigenvalue weighted by atomic mass is 79.9. The second-order valence-corrected chi connectivity index (χ2v) is 15.5. The van der Waals surface area contributed by atoms with Crippen LogP contribution in [-0.2, 0) is 33.4 Å². The fraction of sp³-hybridized carbons (Fsp3) is 0.487. The van der Waals surface area contributed by atoms with Crippen LogP contribution in [0.3, 0.4) is 0 Å². The van der Waals surface area contributed by atoms with E-state index in [2.05, 4.69) is 34.4 Å². The predicted octanol–water partition coefficient (Wildman–Crippen LogP) is 5.01. The zero-order valence-corrected chi connectivity index (χ0v) is 32.0. The Morgan fingerprint density at radius 1 is 1.15 bits per heavy atom. The summed E-state index contributed by atoms with van der Waals surface area (Å²) in [6.07, 6.45) is 2.37. The van der Waals surface area contributed by atoms with Gasteiger partial charge in [-0.05, 0) is 48.6 Å². The SMILES string of the molecule is C=CCCC(=O)N[C@H](COC)[C@H](OC(=O)[C@@H]1[C@H]2O[C@@]3(CC2Br)[C@H](C(=O)N(CC=C)c2ccc(Cl)cc2)N([C@@H](CO)C(C)C)C(=O)[C@@H]13)c1ccccc1. The number of likely N-dealkylation sites (tertiary alicyclic amines) is 1. The van der Waals surface area contributed by atoms with Crippen molar-refractivity contribution in [3.63, 3.8) is 0 Å². The van der Waals surface area contributed by atoms with Gasteiger partial charge in [0.25, 0.3) is 5.91 Å². The molecule has 2 aromatic carbocycles. The van der Waals surface area contributed by atoms with E-state index < -0.39 is 77.0 Å². The van der Waals surface area contributed by atoms with E-state index in [9.17, 15) is 24.3 Å². The van der Waals surface area contributed by atoms with Crippen LogP contribution < -0.4 is 10.2 Å². The average Bonchev–Trinajstić information content (AvgIpc) is 3.72. The van der Waals surface area contributed by atoms with Crippen LogP contribution in [0.25, 0.3) is 0 Å². The molecule has 11 nitrogen and oxygen atoms in total. The van der Waals surface area contributed by atoms with E-state index in [4.69, 9.17) is 25.8 Å². The van der Waals surface area contributed by atoms with E-state index >= 15 is 0 Å². The lowest BCUT2D eigenvalue weighted by Crippen LogP contribution is -2.60. The number of rotatable bonds is 17. The Morgan fingerprint density at radius 3 is 2.44 bits per heavy atom. The Kier molecular flexibility index (Phi) is 13.0. The molecule has 3 aliphatic rings. The summed E-state index contributed by atoms with van der Waals surface area (Å²) in [6.45, 7) is 11.0. The van der Waals surface area contributed by atoms with Crippen molar-refractivity contribution in [2.75, 3.05) is 31.8 Å². The molecule has 1 spiro atoms. The first-order valence-corrected chi connectivity index (χ1v) is 18.8. The number of carbonyl (C=O) groups excluding carboxylic acids is 4. The fourth-order valence-electron chi connectivity index (χ4n) is 7.94. The van der Waals surface area contributed by atoms with E-state index in [0.29, 0.717) is 22.7 Å². The summed E-state index contributed by atoms with van der Waals surface area (Å²) in [5, 5.41) is 14.1. The van der Waals surface area contributed by atoms with Crippen molar-refractivity contribution < 1.29 is 38.5 Å². The third-order valence-electron chi connectivity index (χ3n) is 10.3. The zero-order valence-electron chi connectivity index (χ0n) is 29.7. The number of halogens is 2. The molecular formula is C39H47BrClN3O8. The Balaban J connectivity index is 1.56. The summed E-state index contributed by atoms with van der Waals surface area (Å²) in [7, 11) is 1.49. The van der Waals surface area contributed by atoms with Crippen LogP contribution in [0.4, 0.5) is 5.69 Å². The van der Waals surface area contributed by atoms with E-state index in [1.54, 1.807) is 60.7 Å². The topological polar surface area (TPSA) is 135 Å². The van der Waals surface area contributed by atoms with Crippen LogP contribution >= 0.6 is 27.5 Å². The standard InChI is InChI=1S/C39H47BrClN3O8/c1-6-8-14-30(46)42-28(22-50-5)33(24-12-10-9-11-13-24)51-38(49)31-32-36(47)44(29(21-45)23(3)4)35(39(32)20-27(40)34(31)52-39)37(48)43(19-7-2)26-17-15-25(41)16-18-26/h6-7,9-13,15-18,23,27-29,31-35,45H,1-2,8,14,19-22H2,3-5H3,(H,42,46)/t27?,28-,29+,31+,32-,33-,34+,35+,39-/m1/s1. The molecule has 280 valence electrons. The van der Waals surface area contributed by atoms with Gasteiger partial charge in [0.2, 0.25) is 11.8 Å². The summed E-state index contributed by atoms with van der Waals surface area (Å²) in [4.78, 5) is 59.9. The number of ether oxygens (including phenoxy) is 3. The maximum Gasteiger partial charge on any atom is 0.313 e. The molecule has 9 atom stereocenters. The molecule has 2 bridgehead atoms. The van der Waals surface area contributed by atoms with E-state index in [1.807, 2.05) is 19.9 Å². The molecule has 3 amide bonds. The number of esters is 1. The molecule has 3 heterocycles. The van der Waals surface area contributed by atoms with Crippen molar-refractivity contribution in [1.82, 2.24) is 10.2 Å². The second-order valence-electron chi connectivity index (χ2n) is 13.8. The normalized spacial score (nSPS) is 26.4. The number of amides is 3. The van der Waals surface area contributed by atoms with Gasteiger partial charge in [0.1, 0.15) is 17.7 Å². The van der Waals surface area contributed by atoms with Crippen molar-refractivity contribution >= 4 is 56.9 Å². The third-order valence-corrected chi connectivity index (χ3v) is 11.4. The summed E-state index contributed by atoms with van der Waals surface area (Å²) in [5.41, 5.74) is -0.264. The largest absolute Gasteiger partial charge is 0.455 e. The lowest BCUT2D eigenvalue weighted by atomic mass is 9.70. The van der Waals surface area contributed by atoms with Gasteiger partial charge in [-0.3, -0.25) is 19.2 Å². The van der Waals surface area contributed by atoms with Crippen LogP contribution in [0.2, 0.25) is 5.02 Å². The molecule has 3 aliphatic heterocycles. The Morgan fingerprint density at radius 2 is 1.85 bits per heavy atom. The monoisotopic (exact) mass is 799 g/mol. The van der Waals surface area contributed by atoms with E-state index in [0.717, 1.165) is 0 Å². The highest BCUT2D eigenvalue weighted by molar-refractivity contribution is 9.09. The molecule has 52 heavy (non-hydrogen) atoms. The van der Waals surface area contributed by atoms with Gasteiger partial charge in [-0.1, -0.05) is 83.9 Å². The van der Waals surface area contributed by atoms with Crippen LogP contribution in [0.5, 0.6) is 0 Å². The zero-order chi connectivity index (χ0) is 37.7. The van der Waals surface area contributed by atoms with Crippen LogP contribution in [-0.4, -0.2) is 95.2 Å². The van der Waals surface area contributed by atoms with Crippen molar-refractivity contribution in [2.24, 2.45) is 17.8 Å². The van der Waals surface area contributed by atoms with Gasteiger partial charge in [-0.25, -0.2) is 0 Å². The molecule has 0 saturated carbocycles. The number of aliphatic hydroxyl groups is 1. The average molecular weight is 801 g/mol. The Bertz CT molecular complexity index is 1630. The number of nitrogens with zero attached hydrogens (tertiary/aromatic N) is 2. The van der Waals surface area contributed by atoms with Crippen LogP contribution in [0, 0.1) is 17.8 Å². The highest BCUT2D eigenvalue weighted by Gasteiger charge is 2.78. The van der Waals surface area contributed by atoms with Gasteiger partial charge < -0.3 is 34.4 Å². The smallest absolute Gasteiger partial charge is 0.313 e. The molecule has 2 N–H and O–H groups in total. The number of benzene rings is 2. The molecule has 5 rings (SSSR count). The summed E-state index contributed by atoms with van der Waals surface area (Å²) < 4.78 is 18.5. The van der Waals surface area contributed by atoms with Gasteiger partial charge in [-0.2, -0.15) is 0 Å². The number of alkyl halides is 1. The van der Waals surface area contributed by atoms with E-state index in [-0.39, 0.29) is 37.8 Å². The Hall–Kier alpha value is -3.55. The van der Waals surface area contributed by atoms with Crippen molar-refractivity contribution in [3.05, 3.63) is 90.5 Å². The molecule has 3 saturated heterocycles. The molecule has 0 aliphatic carbocycles. The number of methoxy groups -OCH3 is 1. The first kappa shape index (κ1) is 39.7. The number of allylic oxidation sites excluding steroid dienone is 1. The molecule has 13 heteroatoms. The lowest BCUT2D eigenvalue weighted by Gasteiger charge is -2.40. The fourth-order valence-corrected chi connectivity index (χ4v) is 9.01. The molecule has 3 fully saturated rings. The van der Waals surface area contributed by atoms with Gasteiger partial charge in [0.15, 0.2) is 0 Å². The molecular weight excluding hydrogens is 754 g/mol. The first-order valence-electron chi connectivity index (χ1n) is 17.5. The van der Waals surface area contributed by atoms with Gasteiger partial charge in [0, 0.05) is 35.6 Å². The van der Waals surface area contributed by atoms with Crippen LogP contribution in [0.1, 0.15) is 44.8 Å². The summed E-state index contributed by atoms with van der Waals surface area (Å²) >= 11 is 9.90. The van der Waals surface area contributed by atoms with Crippen molar-refractivity contribution in [1.29, 1.82) is 0 Å². The number of fused-ring (bicyclic) bond motifs is 1. The summed E-state index contributed by atoms with van der Waals surface area (Å²) in [6, 6.07) is 13.1. The number of aliphatic hydroxyl groups excluding tert-OH is 1. The molecule has 2 aromatic rings. The number of nitrogens with one attached hydrogen (secondary N) is 1. The third kappa shape index (κ3) is 7.59. The van der Waals surface area contributed by atoms with Crippen molar-refractivity contribution in [3.8, 4) is 0 Å². The maximum atomic E-state index is 14.9. The van der Waals surface area contributed by atoms with Gasteiger partial charge in [0.05, 0.1) is 43.2 Å². The van der Waals surface area contributed by atoms with Gasteiger partial charge >= 0.3 is 5.97 Å². The number of hydrogen-bond acceptors (Lipinski definition) is 8. The quantitative estimate of drug-likeness (QED) is 0.130. The van der Waals surface area contributed by atoms with Gasteiger partial charge in [-0.15, -0.1) is 13.2 Å². The van der Waals surface area contributed by atoms with Crippen molar-refractivity contribution in [2.45, 2.75) is 73.9 Å². The lowest BCUT2D eigenvalue weighted by molar-refractivity contribution is -0.163. The minimum atomic E-state index is -1.42. The number of carbonyl (C=O) groups is 4. The molecule has 1 unspecified atom stereocenters. The first-order chi connectivity index (χ1) is 24.9. The number of hydrogen-bond donors (Lipinski definition) is 2. The minimum Gasteiger partial charge on any atom is -0.455 e. The second kappa shape index (κ2) is 17.1. The van der Waals surface area contributed by atoms with E-state index in [1.165, 1.54) is 16.9 Å². The summed E-state index contributed by atoms with van der Waals surface area (Å²) in [5.74, 6) is -4.31. The minimum absolute atomic E-state index is 0.0331. The molecule has 0 aromatic heterocycles. The highest BCUT2D eigenvalue weighted by Crippen LogP contribution is 2.61. The van der Waals surface area contributed by atoms with Crippen LogP contribution in [0.15, 0.2) is 79.9 Å². The maximum absolute atomic E-state index is 14.9. The molecule has 0 radical (unpaired) electrons. The Labute approximate surface area is 318 Å². The number of anilines is 1. The predicted molar refractivity (Wildman–Crippen MR) is 201 cm³/mol.